The molecule has 0 atom stereocenters. The van der Waals surface area contributed by atoms with Gasteiger partial charge in [0.15, 0.2) is 0 Å². The lowest BCUT2D eigenvalue weighted by atomic mass is 9.97. The molecule has 3 N–H and O–H groups in total. The van der Waals surface area contributed by atoms with Crippen LogP contribution in [0.25, 0.3) is 0 Å². The fourth-order valence-electron chi connectivity index (χ4n) is 1.48. The van der Waals surface area contributed by atoms with Crippen molar-refractivity contribution in [1.82, 2.24) is 4.90 Å². The topological polar surface area (TPSA) is 83.6 Å². The Morgan fingerprint density at radius 1 is 1.33 bits per heavy atom. The van der Waals surface area contributed by atoms with Gasteiger partial charge in [-0.1, -0.05) is 0 Å². The van der Waals surface area contributed by atoms with Gasteiger partial charge in [-0.3, -0.25) is 4.79 Å². The average Bonchev–Trinajstić information content (AvgIpc) is 2.28. The van der Waals surface area contributed by atoms with Gasteiger partial charge in [0.05, 0.1) is 0 Å². The number of nitrogens with zero attached hydrogens (tertiary/aromatic N) is 1. The highest BCUT2D eigenvalue weighted by Gasteiger charge is 2.38. The molecule has 1 saturated heterocycles. The maximum absolute atomic E-state index is 10.9. The molecule has 0 aromatic rings. The van der Waals surface area contributed by atoms with Crippen molar-refractivity contribution in [2.75, 3.05) is 19.6 Å². The highest BCUT2D eigenvalue weighted by Crippen LogP contribution is 2.15. The van der Waals surface area contributed by atoms with E-state index in [1.165, 1.54) is 0 Å². The number of carboxylic acids is 1. The van der Waals surface area contributed by atoms with E-state index in [-0.39, 0.29) is 5.91 Å². The van der Waals surface area contributed by atoms with E-state index in [1.807, 2.05) is 4.90 Å². The van der Waals surface area contributed by atoms with Gasteiger partial charge in [0.2, 0.25) is 5.91 Å². The molecule has 0 unspecified atom stereocenters. The monoisotopic (exact) mass is 270 g/mol. The van der Waals surface area contributed by atoms with Crippen LogP contribution in [0.5, 0.6) is 0 Å². The van der Waals surface area contributed by atoms with Crippen LogP contribution < -0.4 is 5.73 Å². The second-order valence-electron chi connectivity index (χ2n) is 3.99. The first-order chi connectivity index (χ1) is 8.18. The van der Waals surface area contributed by atoms with E-state index in [4.69, 9.17) is 15.6 Å². The molecule has 0 spiro atoms. The lowest BCUT2D eigenvalue weighted by Crippen LogP contribution is -2.38. The predicted octanol–water partition coefficient (Wildman–Crippen LogP) is 0.837. The Balaban J connectivity index is 0.000000360. The molecule has 18 heavy (non-hydrogen) atoms. The minimum Gasteiger partial charge on any atom is -0.475 e. The molecule has 0 aromatic heterocycles. The first-order valence-electron chi connectivity index (χ1n) is 5.44. The molecule has 106 valence electrons. The molecule has 0 saturated carbocycles. The Bertz CT molecular complexity index is 287. The predicted molar refractivity (Wildman–Crippen MR) is 57.7 cm³/mol. The average molecular weight is 270 g/mol. The SMILES string of the molecule is CC(=O)N1CCC(CN)CC1.O=C(O)C(F)(F)F. The van der Waals surface area contributed by atoms with Gasteiger partial charge in [-0.05, 0) is 25.3 Å². The van der Waals surface area contributed by atoms with Crippen molar-refractivity contribution in [2.24, 2.45) is 11.7 Å². The largest absolute Gasteiger partial charge is 0.490 e. The summed E-state index contributed by atoms with van der Waals surface area (Å²) in [4.78, 5) is 21.7. The molecule has 5 nitrogen and oxygen atoms in total. The van der Waals surface area contributed by atoms with Gasteiger partial charge in [-0.15, -0.1) is 0 Å². The minimum atomic E-state index is -5.08. The second-order valence-corrected chi connectivity index (χ2v) is 3.99. The van der Waals surface area contributed by atoms with E-state index in [0.717, 1.165) is 32.5 Å². The van der Waals surface area contributed by atoms with Crippen molar-refractivity contribution in [2.45, 2.75) is 25.9 Å². The summed E-state index contributed by atoms with van der Waals surface area (Å²) in [7, 11) is 0. The summed E-state index contributed by atoms with van der Waals surface area (Å²) in [6.07, 6.45) is -2.92. The zero-order valence-electron chi connectivity index (χ0n) is 10.0. The fourth-order valence-corrected chi connectivity index (χ4v) is 1.48. The number of nitrogens with two attached hydrogens (primary N) is 1. The van der Waals surface area contributed by atoms with Gasteiger partial charge in [0.1, 0.15) is 0 Å². The van der Waals surface area contributed by atoms with Crippen molar-refractivity contribution in [3.05, 3.63) is 0 Å². The number of amides is 1. The second kappa shape index (κ2) is 7.20. The standard InChI is InChI=1S/C8H16N2O.C2HF3O2/c1-7(11)10-4-2-8(6-9)3-5-10;3-2(4,5)1(6)7/h8H,2-6,9H2,1H3;(H,6,7). The lowest BCUT2D eigenvalue weighted by molar-refractivity contribution is -0.192. The molecule has 0 aliphatic carbocycles. The Morgan fingerprint density at radius 2 is 1.72 bits per heavy atom. The van der Waals surface area contributed by atoms with Crippen molar-refractivity contribution in [1.29, 1.82) is 0 Å². The van der Waals surface area contributed by atoms with Crippen LogP contribution in [0.1, 0.15) is 19.8 Å². The van der Waals surface area contributed by atoms with Crippen LogP contribution in [0.15, 0.2) is 0 Å². The summed E-state index contributed by atoms with van der Waals surface area (Å²) in [6, 6.07) is 0. The number of carboxylic acid groups (broad SMARTS) is 1. The Kier molecular flexibility index (Phi) is 6.67. The summed E-state index contributed by atoms with van der Waals surface area (Å²) >= 11 is 0. The number of hydrogen-bond acceptors (Lipinski definition) is 3. The van der Waals surface area contributed by atoms with Crippen LogP contribution in [0.3, 0.4) is 0 Å². The van der Waals surface area contributed by atoms with Gasteiger partial charge in [-0.2, -0.15) is 13.2 Å². The smallest absolute Gasteiger partial charge is 0.475 e. The molecule has 1 rings (SSSR count). The lowest BCUT2D eigenvalue weighted by Gasteiger charge is -2.30. The Morgan fingerprint density at radius 3 is 1.94 bits per heavy atom. The first-order valence-corrected chi connectivity index (χ1v) is 5.44. The third-order valence-corrected chi connectivity index (χ3v) is 2.64. The molecular weight excluding hydrogens is 253 g/mol. The Hall–Kier alpha value is -1.31. The number of carbonyl (C=O) groups is 2. The molecule has 0 bridgehead atoms. The van der Waals surface area contributed by atoms with E-state index in [2.05, 4.69) is 0 Å². The number of rotatable bonds is 1. The van der Waals surface area contributed by atoms with Gasteiger partial charge in [0, 0.05) is 20.0 Å². The van der Waals surface area contributed by atoms with Crippen LogP contribution in [0.2, 0.25) is 0 Å². The van der Waals surface area contributed by atoms with Gasteiger partial charge >= 0.3 is 12.1 Å². The van der Waals surface area contributed by atoms with Gasteiger partial charge in [-0.25, -0.2) is 4.79 Å². The molecule has 1 aliphatic rings. The van der Waals surface area contributed by atoms with Gasteiger partial charge < -0.3 is 15.7 Å². The van der Waals surface area contributed by atoms with E-state index in [1.54, 1.807) is 6.92 Å². The molecule has 1 heterocycles. The first kappa shape index (κ1) is 16.7. The van der Waals surface area contributed by atoms with E-state index in [0.29, 0.717) is 5.92 Å². The third kappa shape index (κ3) is 6.43. The fraction of sp³-hybridized carbons (Fsp3) is 0.800. The third-order valence-electron chi connectivity index (χ3n) is 2.64. The van der Waals surface area contributed by atoms with Crippen LogP contribution in [0.4, 0.5) is 13.2 Å². The number of aliphatic carboxylic acids is 1. The highest BCUT2D eigenvalue weighted by atomic mass is 19.4. The van der Waals surface area contributed by atoms with Crippen LogP contribution >= 0.6 is 0 Å². The number of halogens is 3. The highest BCUT2D eigenvalue weighted by molar-refractivity contribution is 5.73. The molecule has 0 aromatic carbocycles. The minimum absolute atomic E-state index is 0.195. The number of alkyl halides is 3. The molecule has 1 amide bonds. The van der Waals surface area contributed by atoms with Crippen molar-refractivity contribution < 1.29 is 27.9 Å². The van der Waals surface area contributed by atoms with Crippen LogP contribution in [-0.4, -0.2) is 47.7 Å². The summed E-state index contributed by atoms with van der Waals surface area (Å²) in [6.45, 7) is 4.20. The summed E-state index contributed by atoms with van der Waals surface area (Å²) in [5.41, 5.74) is 5.52. The van der Waals surface area contributed by atoms with Crippen molar-refractivity contribution in [3.8, 4) is 0 Å². The number of hydrogen-bond donors (Lipinski definition) is 2. The van der Waals surface area contributed by atoms with Crippen molar-refractivity contribution >= 4 is 11.9 Å². The number of piperidine rings is 1. The summed E-state index contributed by atoms with van der Waals surface area (Å²) < 4.78 is 31.7. The maximum atomic E-state index is 10.9. The zero-order valence-corrected chi connectivity index (χ0v) is 10.0. The van der Waals surface area contributed by atoms with E-state index < -0.39 is 12.1 Å². The quantitative estimate of drug-likeness (QED) is 0.739. The molecule has 0 radical (unpaired) electrons. The normalized spacial score (nSPS) is 16.8. The maximum Gasteiger partial charge on any atom is 0.490 e. The summed E-state index contributed by atoms with van der Waals surface area (Å²) in [5.74, 6) is -1.92. The van der Waals surface area contributed by atoms with Gasteiger partial charge in [0.25, 0.3) is 0 Å². The summed E-state index contributed by atoms with van der Waals surface area (Å²) in [5, 5.41) is 7.12. The van der Waals surface area contributed by atoms with Crippen LogP contribution in [0, 0.1) is 5.92 Å². The molecular formula is C10H17F3N2O3. The Labute approximate surface area is 103 Å². The van der Waals surface area contributed by atoms with E-state index >= 15 is 0 Å². The van der Waals surface area contributed by atoms with E-state index in [9.17, 15) is 18.0 Å². The molecule has 1 fully saturated rings. The molecule has 1 aliphatic heterocycles. The zero-order chi connectivity index (χ0) is 14.3. The number of carbonyl (C=O) groups excluding carboxylic acids is 1. The number of likely N-dealkylation sites (tertiary alicyclic amines) is 1. The van der Waals surface area contributed by atoms with Crippen molar-refractivity contribution in [3.63, 3.8) is 0 Å². The van der Waals surface area contributed by atoms with Crippen LogP contribution in [-0.2, 0) is 9.59 Å². The molecule has 8 heteroatoms.